The number of aryl methyl sites for hydroxylation is 1. The highest BCUT2D eigenvalue weighted by Gasteiger charge is 2.06. The van der Waals surface area contributed by atoms with E-state index in [1.54, 1.807) is 37.4 Å². The highest BCUT2D eigenvalue weighted by atomic mass is 16.5. The quantitative estimate of drug-likeness (QED) is 0.829. The molecule has 0 fully saturated rings. The molecule has 0 unspecified atom stereocenters. The first-order chi connectivity index (χ1) is 10.1. The largest absolute Gasteiger partial charge is 0.497 e. The third kappa shape index (κ3) is 4.14. The molecule has 5 nitrogen and oxygen atoms in total. The van der Waals surface area contributed by atoms with Crippen molar-refractivity contribution in [1.82, 2.24) is 0 Å². The van der Waals surface area contributed by atoms with Gasteiger partial charge >= 0.3 is 0 Å². The molecular weight excluding hydrogens is 268 g/mol. The van der Waals surface area contributed by atoms with Crippen molar-refractivity contribution >= 4 is 17.3 Å². The van der Waals surface area contributed by atoms with E-state index < -0.39 is 0 Å². The van der Waals surface area contributed by atoms with E-state index in [9.17, 15) is 4.79 Å². The topological polar surface area (TPSA) is 73.6 Å². The summed E-state index contributed by atoms with van der Waals surface area (Å²) in [7, 11) is 1.58. The average Bonchev–Trinajstić information content (AvgIpc) is 2.49. The molecule has 5 heteroatoms. The first kappa shape index (κ1) is 14.7. The molecule has 0 spiro atoms. The lowest BCUT2D eigenvalue weighted by Gasteiger charge is -2.10. The van der Waals surface area contributed by atoms with Crippen LogP contribution in [-0.2, 0) is 4.79 Å². The van der Waals surface area contributed by atoms with Gasteiger partial charge in [-0.1, -0.05) is 12.1 Å². The lowest BCUT2D eigenvalue weighted by molar-refractivity contribution is -0.118. The lowest BCUT2D eigenvalue weighted by Crippen LogP contribution is -2.20. The number of hydrogen-bond acceptors (Lipinski definition) is 4. The van der Waals surface area contributed by atoms with Crippen LogP contribution < -0.4 is 20.5 Å². The summed E-state index contributed by atoms with van der Waals surface area (Å²) >= 11 is 0. The van der Waals surface area contributed by atoms with Crippen molar-refractivity contribution in [1.29, 1.82) is 0 Å². The summed E-state index contributed by atoms with van der Waals surface area (Å²) in [5, 5.41) is 2.77. The van der Waals surface area contributed by atoms with Crippen LogP contribution in [0.25, 0.3) is 0 Å². The SMILES string of the molecule is COc1cccc(OCC(=O)Nc2cc(N)ccc2C)c1. The van der Waals surface area contributed by atoms with Crippen LogP contribution in [0.4, 0.5) is 11.4 Å². The van der Waals surface area contributed by atoms with Gasteiger partial charge in [-0.05, 0) is 36.8 Å². The number of carbonyl (C=O) groups is 1. The number of methoxy groups -OCH3 is 1. The van der Waals surface area contributed by atoms with Crippen molar-refractivity contribution < 1.29 is 14.3 Å². The average molecular weight is 286 g/mol. The fourth-order valence-electron chi connectivity index (χ4n) is 1.80. The maximum absolute atomic E-state index is 11.9. The zero-order valence-corrected chi connectivity index (χ0v) is 12.1. The van der Waals surface area contributed by atoms with E-state index in [2.05, 4.69) is 5.32 Å². The number of anilines is 2. The second-order valence-electron chi connectivity index (χ2n) is 4.59. The van der Waals surface area contributed by atoms with Gasteiger partial charge in [0.2, 0.25) is 0 Å². The Morgan fingerprint density at radius 1 is 1.19 bits per heavy atom. The minimum Gasteiger partial charge on any atom is -0.497 e. The summed E-state index contributed by atoms with van der Waals surface area (Å²) in [6.07, 6.45) is 0. The second kappa shape index (κ2) is 6.65. The van der Waals surface area contributed by atoms with Gasteiger partial charge in [-0.15, -0.1) is 0 Å². The summed E-state index contributed by atoms with van der Waals surface area (Å²) in [4.78, 5) is 11.9. The Balaban J connectivity index is 1.94. The Bertz CT molecular complexity index is 641. The predicted octanol–water partition coefficient (Wildman–Crippen LogP) is 2.60. The van der Waals surface area contributed by atoms with Crippen LogP contribution in [0.1, 0.15) is 5.56 Å². The van der Waals surface area contributed by atoms with Crippen LogP contribution >= 0.6 is 0 Å². The number of amides is 1. The van der Waals surface area contributed by atoms with Crippen molar-refractivity contribution in [2.45, 2.75) is 6.92 Å². The molecular formula is C16H18N2O3. The molecule has 0 saturated heterocycles. The normalized spacial score (nSPS) is 10.0. The minimum absolute atomic E-state index is 0.0819. The molecule has 0 aliphatic rings. The summed E-state index contributed by atoms with van der Waals surface area (Å²) in [6.45, 7) is 1.82. The molecule has 2 aromatic carbocycles. The van der Waals surface area contributed by atoms with Crippen molar-refractivity contribution in [3.63, 3.8) is 0 Å². The van der Waals surface area contributed by atoms with E-state index >= 15 is 0 Å². The molecule has 3 N–H and O–H groups in total. The van der Waals surface area contributed by atoms with Crippen molar-refractivity contribution in [2.75, 3.05) is 24.8 Å². The number of nitrogens with two attached hydrogens (primary N) is 1. The van der Waals surface area contributed by atoms with Crippen molar-refractivity contribution in [3.8, 4) is 11.5 Å². The van der Waals surface area contributed by atoms with Gasteiger partial charge in [-0.3, -0.25) is 4.79 Å². The third-order valence-electron chi connectivity index (χ3n) is 2.95. The Kier molecular flexibility index (Phi) is 4.66. The molecule has 1 amide bonds. The van der Waals surface area contributed by atoms with Crippen LogP contribution in [0.2, 0.25) is 0 Å². The highest BCUT2D eigenvalue weighted by Crippen LogP contribution is 2.20. The molecule has 0 bridgehead atoms. The van der Waals surface area contributed by atoms with E-state index in [4.69, 9.17) is 15.2 Å². The Labute approximate surface area is 123 Å². The molecule has 0 atom stereocenters. The number of carbonyl (C=O) groups excluding carboxylic acids is 1. The zero-order chi connectivity index (χ0) is 15.2. The fraction of sp³-hybridized carbons (Fsp3) is 0.188. The highest BCUT2D eigenvalue weighted by molar-refractivity contribution is 5.93. The molecule has 0 aliphatic heterocycles. The smallest absolute Gasteiger partial charge is 0.262 e. The summed E-state index contributed by atoms with van der Waals surface area (Å²) in [5.74, 6) is 1.01. The maximum atomic E-state index is 11.9. The number of ether oxygens (including phenoxy) is 2. The first-order valence-electron chi connectivity index (χ1n) is 6.51. The van der Waals surface area contributed by atoms with E-state index in [-0.39, 0.29) is 12.5 Å². The van der Waals surface area contributed by atoms with Gasteiger partial charge in [0.1, 0.15) is 11.5 Å². The van der Waals surface area contributed by atoms with Gasteiger partial charge in [-0.25, -0.2) is 0 Å². The number of rotatable bonds is 5. The Morgan fingerprint density at radius 2 is 1.95 bits per heavy atom. The minimum atomic E-state index is -0.244. The van der Waals surface area contributed by atoms with E-state index in [1.807, 2.05) is 19.1 Å². The fourth-order valence-corrected chi connectivity index (χ4v) is 1.80. The molecule has 0 saturated carbocycles. The van der Waals surface area contributed by atoms with Crippen molar-refractivity contribution in [3.05, 3.63) is 48.0 Å². The van der Waals surface area contributed by atoms with Crippen LogP contribution in [0.3, 0.4) is 0 Å². The third-order valence-corrected chi connectivity index (χ3v) is 2.95. The summed E-state index contributed by atoms with van der Waals surface area (Å²) in [5.41, 5.74) is 7.94. The molecule has 2 aromatic rings. The standard InChI is InChI=1S/C16H18N2O3/c1-11-6-7-12(17)8-15(11)18-16(19)10-21-14-5-3-4-13(9-14)20-2/h3-9H,10,17H2,1-2H3,(H,18,19). The second-order valence-corrected chi connectivity index (χ2v) is 4.59. The number of nitrogens with one attached hydrogen (secondary N) is 1. The summed E-state index contributed by atoms with van der Waals surface area (Å²) < 4.78 is 10.5. The zero-order valence-electron chi connectivity index (χ0n) is 12.1. The van der Waals surface area contributed by atoms with Gasteiger partial charge in [-0.2, -0.15) is 0 Å². The molecule has 0 radical (unpaired) electrons. The maximum Gasteiger partial charge on any atom is 0.262 e. The van der Waals surface area contributed by atoms with E-state index in [0.717, 1.165) is 5.56 Å². The predicted molar refractivity (Wildman–Crippen MR) is 82.7 cm³/mol. The molecule has 110 valence electrons. The lowest BCUT2D eigenvalue weighted by atomic mass is 10.2. The molecule has 2 rings (SSSR count). The van der Waals surface area contributed by atoms with Crippen LogP contribution in [0.15, 0.2) is 42.5 Å². The molecule has 0 heterocycles. The number of nitrogen functional groups attached to an aromatic ring is 1. The van der Waals surface area contributed by atoms with Gasteiger partial charge in [0, 0.05) is 17.4 Å². The van der Waals surface area contributed by atoms with Crippen LogP contribution in [0.5, 0.6) is 11.5 Å². The Morgan fingerprint density at radius 3 is 2.71 bits per heavy atom. The number of benzene rings is 2. The van der Waals surface area contributed by atoms with E-state index in [0.29, 0.717) is 22.9 Å². The molecule has 0 aliphatic carbocycles. The van der Waals surface area contributed by atoms with Gasteiger partial charge in [0.05, 0.1) is 7.11 Å². The van der Waals surface area contributed by atoms with Gasteiger partial charge < -0.3 is 20.5 Å². The van der Waals surface area contributed by atoms with Crippen LogP contribution in [-0.4, -0.2) is 19.6 Å². The van der Waals surface area contributed by atoms with Gasteiger partial charge in [0.25, 0.3) is 5.91 Å². The summed E-state index contributed by atoms with van der Waals surface area (Å²) in [6, 6.07) is 12.5. The van der Waals surface area contributed by atoms with Crippen LogP contribution in [0, 0.1) is 6.92 Å². The molecule has 21 heavy (non-hydrogen) atoms. The first-order valence-corrected chi connectivity index (χ1v) is 6.51. The van der Waals surface area contributed by atoms with Gasteiger partial charge in [0.15, 0.2) is 6.61 Å². The number of hydrogen-bond donors (Lipinski definition) is 2. The Hall–Kier alpha value is -2.69. The molecule has 0 aromatic heterocycles. The van der Waals surface area contributed by atoms with Crippen molar-refractivity contribution in [2.24, 2.45) is 0 Å². The van der Waals surface area contributed by atoms with E-state index in [1.165, 1.54) is 0 Å². The monoisotopic (exact) mass is 286 g/mol.